The molecule has 0 bridgehead atoms. The molecule has 0 radical (unpaired) electrons. The molecule has 6 heteroatoms. The smallest absolute Gasteiger partial charge is 0.302 e. The molecular formula is C31H40N3O3+. The lowest BCUT2D eigenvalue weighted by Crippen LogP contribution is -2.51. The number of aryl methyl sites for hydroxylation is 2. The third kappa shape index (κ3) is 4.41. The number of rotatable bonds is 8. The van der Waals surface area contributed by atoms with Crippen molar-refractivity contribution in [3.8, 4) is 5.75 Å². The zero-order valence-corrected chi connectivity index (χ0v) is 22.1. The normalized spacial score (nSPS) is 29.2. The predicted octanol–water partition coefficient (Wildman–Crippen LogP) is 6.55. The number of benzene rings is 2. The molecule has 2 saturated carbocycles. The summed E-state index contributed by atoms with van der Waals surface area (Å²) in [5.74, 6) is 2.62. The molecule has 37 heavy (non-hydrogen) atoms. The number of fused-ring (bicyclic) bond motifs is 6. The number of diazo groups is 1. The molecule has 1 aliphatic heterocycles. The highest BCUT2D eigenvalue weighted by Gasteiger charge is 2.65. The van der Waals surface area contributed by atoms with Gasteiger partial charge in [0, 0.05) is 11.8 Å². The fourth-order valence-electron chi connectivity index (χ4n) is 8.29. The average Bonchev–Trinajstić information content (AvgIpc) is 3.53. The Morgan fingerprint density at radius 3 is 2.70 bits per heavy atom. The summed E-state index contributed by atoms with van der Waals surface area (Å²) in [7, 11) is 0. The summed E-state index contributed by atoms with van der Waals surface area (Å²) in [5.41, 5.74) is 8.56. The van der Waals surface area contributed by atoms with E-state index in [9.17, 15) is 0 Å². The predicted molar refractivity (Wildman–Crippen MR) is 142 cm³/mol. The molecule has 4 aliphatic rings. The molecule has 0 amide bonds. The maximum absolute atomic E-state index is 8.71. The first-order valence-corrected chi connectivity index (χ1v) is 14.3. The molecule has 1 saturated heterocycles. The van der Waals surface area contributed by atoms with Crippen molar-refractivity contribution in [3.05, 3.63) is 69.8 Å². The van der Waals surface area contributed by atoms with Crippen molar-refractivity contribution in [1.82, 2.24) is 5.43 Å². The van der Waals surface area contributed by atoms with Gasteiger partial charge in [-0.2, -0.15) is 0 Å². The van der Waals surface area contributed by atoms with E-state index < -0.39 is 0 Å². The van der Waals surface area contributed by atoms with Gasteiger partial charge in [-0.3, -0.25) is 0 Å². The van der Waals surface area contributed by atoms with E-state index in [-0.39, 0.29) is 11.2 Å². The summed E-state index contributed by atoms with van der Waals surface area (Å²) in [6.45, 7) is 5.23. The monoisotopic (exact) mass is 502 g/mol. The molecule has 6 nitrogen and oxygen atoms in total. The summed E-state index contributed by atoms with van der Waals surface area (Å²) in [5, 5.41) is 11.8. The van der Waals surface area contributed by atoms with E-state index in [2.05, 4.69) is 53.8 Å². The maximum Gasteiger partial charge on any atom is 0.302 e. The third-order valence-electron chi connectivity index (χ3n) is 9.98. The van der Waals surface area contributed by atoms with Crippen LogP contribution in [0.3, 0.4) is 0 Å². The van der Waals surface area contributed by atoms with Crippen LogP contribution < -0.4 is 10.2 Å². The van der Waals surface area contributed by atoms with Crippen molar-refractivity contribution in [1.29, 1.82) is 5.39 Å². The quantitative estimate of drug-likeness (QED) is 0.252. The van der Waals surface area contributed by atoms with Gasteiger partial charge in [-0.05, 0) is 109 Å². The van der Waals surface area contributed by atoms with Crippen molar-refractivity contribution in [3.63, 3.8) is 0 Å². The van der Waals surface area contributed by atoms with Gasteiger partial charge >= 0.3 is 5.08 Å². The highest BCUT2D eigenvalue weighted by molar-refractivity contribution is 5.47. The van der Waals surface area contributed by atoms with Crippen molar-refractivity contribution in [2.45, 2.75) is 83.0 Å². The summed E-state index contributed by atoms with van der Waals surface area (Å²) < 4.78 is 19.0. The second kappa shape index (κ2) is 10.3. The average molecular weight is 503 g/mol. The molecule has 196 valence electrons. The number of hydrogen-bond acceptors (Lipinski definition) is 5. The molecular weight excluding hydrogens is 462 g/mol. The minimum absolute atomic E-state index is 0.126. The Kier molecular flexibility index (Phi) is 6.86. The lowest BCUT2D eigenvalue weighted by atomic mass is 9.54. The zero-order valence-electron chi connectivity index (χ0n) is 22.1. The number of unbranched alkanes of at least 4 members (excludes halogenated alkanes) is 1. The zero-order chi connectivity index (χ0) is 25.3. The number of nitrogens with zero attached hydrogens (tertiary/aromatic N) is 2. The van der Waals surface area contributed by atoms with Crippen molar-refractivity contribution < 1.29 is 14.2 Å². The molecule has 1 spiro atoms. The van der Waals surface area contributed by atoms with Gasteiger partial charge in [0.1, 0.15) is 12.4 Å². The topological polar surface area (TPSA) is 67.9 Å². The number of hydrogen-bond donors (Lipinski definition) is 1. The van der Waals surface area contributed by atoms with Crippen LogP contribution in [0.2, 0.25) is 0 Å². The Morgan fingerprint density at radius 2 is 1.89 bits per heavy atom. The molecule has 4 unspecified atom stereocenters. The highest BCUT2D eigenvalue weighted by Crippen LogP contribution is 2.66. The second-order valence-corrected chi connectivity index (χ2v) is 11.8. The SMILES string of the molecule is CC12CCC3c4c(CCCCN[N+]#N)cc(OCc5ccccc5)cc4CCC3C1CCC21OCCO1. The minimum atomic E-state index is -0.342. The Morgan fingerprint density at radius 1 is 1.05 bits per heavy atom. The van der Waals surface area contributed by atoms with Gasteiger partial charge in [-0.15, -0.1) is 0 Å². The molecule has 1 N–H and O–H groups in total. The van der Waals surface area contributed by atoms with E-state index >= 15 is 0 Å². The maximum atomic E-state index is 8.71. The highest BCUT2D eigenvalue weighted by atomic mass is 16.7. The van der Waals surface area contributed by atoms with Crippen LogP contribution in [-0.4, -0.2) is 25.5 Å². The summed E-state index contributed by atoms with van der Waals surface area (Å²) in [6, 6.07) is 15.1. The summed E-state index contributed by atoms with van der Waals surface area (Å²) >= 11 is 0. The van der Waals surface area contributed by atoms with Crippen LogP contribution in [0.15, 0.2) is 42.5 Å². The van der Waals surface area contributed by atoms with Gasteiger partial charge in [-0.1, -0.05) is 37.3 Å². The van der Waals surface area contributed by atoms with Crippen molar-refractivity contribution >= 4 is 0 Å². The minimum Gasteiger partial charge on any atom is -0.489 e. The summed E-state index contributed by atoms with van der Waals surface area (Å²) in [6.07, 6.45) is 10.1. The van der Waals surface area contributed by atoms with Crippen LogP contribution >= 0.6 is 0 Å². The largest absolute Gasteiger partial charge is 0.489 e. The van der Waals surface area contributed by atoms with Crippen molar-refractivity contribution in [2.75, 3.05) is 19.8 Å². The number of nitrogens with one attached hydrogen (secondary N) is 1. The van der Waals surface area contributed by atoms with Crippen LogP contribution in [0.4, 0.5) is 0 Å². The van der Waals surface area contributed by atoms with Gasteiger partial charge in [0.15, 0.2) is 5.79 Å². The van der Waals surface area contributed by atoms with Crippen LogP contribution in [0.1, 0.15) is 80.0 Å². The molecule has 2 aromatic rings. The van der Waals surface area contributed by atoms with Crippen LogP contribution in [0.5, 0.6) is 5.75 Å². The standard InChI is InChI=1S/C31H40N3O3/c1-30-14-12-27-26(28(30)13-15-31(30)36-17-18-37-31)11-10-24-20-25(35-21-22-7-3-2-4-8-22)19-23(29(24)27)9-5-6-16-33-34-32/h2-4,7-8,19-20,26-28,33H,5-6,9-18,21H2,1H3/q+1. The van der Waals surface area contributed by atoms with Gasteiger partial charge in [-0.25, -0.2) is 0 Å². The lowest BCUT2D eigenvalue weighted by Gasteiger charge is -2.53. The van der Waals surface area contributed by atoms with E-state index in [1.165, 1.54) is 42.4 Å². The fourth-order valence-corrected chi connectivity index (χ4v) is 8.29. The van der Waals surface area contributed by atoms with Gasteiger partial charge < -0.3 is 14.2 Å². The second-order valence-electron chi connectivity index (χ2n) is 11.8. The molecule has 0 aromatic heterocycles. The van der Waals surface area contributed by atoms with Gasteiger partial charge in [0.2, 0.25) is 0 Å². The summed E-state index contributed by atoms with van der Waals surface area (Å²) in [4.78, 5) is 0. The molecule has 1 heterocycles. The molecule has 6 rings (SSSR count). The van der Waals surface area contributed by atoms with Crippen LogP contribution in [0.25, 0.3) is 5.08 Å². The fraction of sp³-hybridized carbons (Fsp3) is 0.613. The first-order valence-electron chi connectivity index (χ1n) is 14.3. The van der Waals surface area contributed by atoms with E-state index in [0.717, 1.165) is 51.1 Å². The van der Waals surface area contributed by atoms with E-state index in [4.69, 9.17) is 19.6 Å². The first kappa shape index (κ1) is 24.7. The lowest BCUT2D eigenvalue weighted by molar-refractivity contribution is -0.237. The molecule has 3 fully saturated rings. The van der Waals surface area contributed by atoms with E-state index in [1.54, 1.807) is 5.56 Å². The van der Waals surface area contributed by atoms with Crippen LogP contribution in [0, 0.1) is 22.6 Å². The first-order chi connectivity index (χ1) is 18.1. The van der Waals surface area contributed by atoms with Crippen molar-refractivity contribution in [2.24, 2.45) is 17.3 Å². The number of ether oxygens (including phenoxy) is 3. The van der Waals surface area contributed by atoms with Gasteiger partial charge in [0.05, 0.1) is 19.8 Å². The van der Waals surface area contributed by atoms with Gasteiger partial charge in [0.25, 0.3) is 5.39 Å². The van der Waals surface area contributed by atoms with E-state index in [0.29, 0.717) is 30.9 Å². The molecule has 2 aromatic carbocycles. The Hall–Kier alpha value is -2.62. The molecule has 3 aliphatic carbocycles. The molecule has 4 atom stereocenters. The Balaban J connectivity index is 1.27. The van der Waals surface area contributed by atoms with Crippen LogP contribution in [-0.2, 0) is 28.9 Å². The Labute approximate surface area is 220 Å². The third-order valence-corrected chi connectivity index (χ3v) is 9.98. The van der Waals surface area contributed by atoms with E-state index in [1.807, 2.05) is 6.07 Å². The Bertz CT molecular complexity index is 1140.